The summed E-state index contributed by atoms with van der Waals surface area (Å²) in [6, 6.07) is 4.29. The Morgan fingerprint density at radius 1 is 1.35 bits per heavy atom. The number of hydrogen-bond donors (Lipinski definition) is 1. The van der Waals surface area contributed by atoms with Gasteiger partial charge in [0, 0.05) is 12.6 Å². The van der Waals surface area contributed by atoms with Crippen LogP contribution in [0.2, 0.25) is 10.0 Å². The van der Waals surface area contributed by atoms with Crippen LogP contribution in [-0.4, -0.2) is 39.5 Å². The third-order valence-corrected chi connectivity index (χ3v) is 6.30. The van der Waals surface area contributed by atoms with E-state index in [-0.39, 0.29) is 22.6 Å². The fourth-order valence-corrected chi connectivity index (χ4v) is 4.53. The Kier molecular flexibility index (Phi) is 5.31. The molecule has 1 aliphatic heterocycles. The highest BCUT2D eigenvalue weighted by Gasteiger charge is 2.37. The van der Waals surface area contributed by atoms with Crippen LogP contribution in [0.25, 0.3) is 0 Å². The van der Waals surface area contributed by atoms with E-state index in [0.29, 0.717) is 18.1 Å². The average molecular weight is 338 g/mol. The molecule has 1 fully saturated rings. The van der Waals surface area contributed by atoms with Crippen molar-refractivity contribution >= 4 is 33.0 Å². The lowest BCUT2D eigenvalue weighted by atomic mass is 10.1. The van der Waals surface area contributed by atoms with E-state index in [9.17, 15) is 8.42 Å². The summed E-state index contributed by atoms with van der Waals surface area (Å²) >= 11 is 11.7. The molecule has 1 aromatic rings. The van der Waals surface area contributed by atoms with Crippen LogP contribution in [-0.2, 0) is 14.6 Å². The molecule has 0 radical (unpaired) electrons. The van der Waals surface area contributed by atoms with E-state index in [2.05, 4.69) is 5.32 Å². The number of ether oxygens (including phenoxy) is 1. The first-order chi connectivity index (χ1) is 9.46. The highest BCUT2D eigenvalue weighted by Crippen LogP contribution is 2.29. The van der Waals surface area contributed by atoms with E-state index in [1.807, 2.05) is 6.92 Å². The number of rotatable bonds is 4. The second kappa shape index (κ2) is 6.62. The van der Waals surface area contributed by atoms with Crippen LogP contribution in [0.15, 0.2) is 23.1 Å². The lowest BCUT2D eigenvalue weighted by Gasteiger charge is -2.31. The molecule has 0 bridgehead atoms. The average Bonchev–Trinajstić information content (AvgIpc) is 2.42. The van der Waals surface area contributed by atoms with Gasteiger partial charge in [-0.25, -0.2) is 8.42 Å². The van der Waals surface area contributed by atoms with Gasteiger partial charge in [-0.2, -0.15) is 0 Å². The van der Waals surface area contributed by atoms with Crippen molar-refractivity contribution in [2.75, 3.05) is 19.8 Å². The molecular weight excluding hydrogens is 321 g/mol. The molecule has 0 aliphatic carbocycles. The molecule has 0 saturated carbocycles. The van der Waals surface area contributed by atoms with E-state index < -0.39 is 15.1 Å². The first-order valence-electron chi connectivity index (χ1n) is 6.47. The zero-order valence-electron chi connectivity index (χ0n) is 11.1. The molecule has 2 rings (SSSR count). The van der Waals surface area contributed by atoms with Gasteiger partial charge in [-0.1, -0.05) is 30.1 Å². The van der Waals surface area contributed by atoms with Gasteiger partial charge in [0.1, 0.15) is 5.25 Å². The molecule has 7 heteroatoms. The van der Waals surface area contributed by atoms with Crippen LogP contribution >= 0.6 is 23.2 Å². The zero-order valence-corrected chi connectivity index (χ0v) is 13.4. The SMILES string of the molecule is CCNC1CCOCC1S(=O)(=O)c1ccc(Cl)c(Cl)c1. The second-order valence-electron chi connectivity index (χ2n) is 4.69. The summed E-state index contributed by atoms with van der Waals surface area (Å²) in [6.07, 6.45) is 0.680. The standard InChI is InChI=1S/C13H17Cl2NO3S/c1-2-16-12-5-6-19-8-13(12)20(17,18)9-3-4-10(14)11(15)7-9/h3-4,7,12-13,16H,2,5-6,8H2,1H3. The molecule has 1 N–H and O–H groups in total. The van der Waals surface area contributed by atoms with Crippen LogP contribution in [0.1, 0.15) is 13.3 Å². The normalized spacial score (nSPS) is 23.8. The second-order valence-corrected chi connectivity index (χ2v) is 7.67. The van der Waals surface area contributed by atoms with Crippen molar-refractivity contribution in [2.45, 2.75) is 29.5 Å². The Morgan fingerprint density at radius 3 is 2.75 bits per heavy atom. The Balaban J connectivity index is 2.34. The van der Waals surface area contributed by atoms with Crippen LogP contribution in [0.4, 0.5) is 0 Å². The van der Waals surface area contributed by atoms with E-state index >= 15 is 0 Å². The van der Waals surface area contributed by atoms with Crippen molar-refractivity contribution in [3.63, 3.8) is 0 Å². The van der Waals surface area contributed by atoms with E-state index in [4.69, 9.17) is 27.9 Å². The third kappa shape index (κ3) is 3.28. The predicted octanol–water partition coefficient (Wildman–Crippen LogP) is 2.53. The molecule has 1 heterocycles. The minimum Gasteiger partial charge on any atom is -0.380 e. The number of halogens is 2. The minimum atomic E-state index is -3.50. The third-order valence-electron chi connectivity index (χ3n) is 3.39. The molecule has 1 aromatic carbocycles. The quantitative estimate of drug-likeness (QED) is 0.917. The molecule has 2 unspecified atom stereocenters. The maximum atomic E-state index is 12.7. The van der Waals surface area contributed by atoms with E-state index in [1.54, 1.807) is 0 Å². The summed E-state index contributed by atoms with van der Waals surface area (Å²) in [5, 5.41) is 3.20. The summed E-state index contributed by atoms with van der Waals surface area (Å²) in [5.74, 6) is 0. The smallest absolute Gasteiger partial charge is 0.185 e. The molecule has 1 saturated heterocycles. The fourth-order valence-electron chi connectivity index (χ4n) is 2.34. The van der Waals surface area contributed by atoms with E-state index in [1.165, 1.54) is 18.2 Å². The molecule has 2 atom stereocenters. The molecule has 0 spiro atoms. The minimum absolute atomic E-state index is 0.104. The molecule has 20 heavy (non-hydrogen) atoms. The molecular formula is C13H17Cl2NO3S. The Bertz CT molecular complexity index is 575. The molecule has 1 aliphatic rings. The Hall–Kier alpha value is -0.330. The van der Waals surface area contributed by atoms with Crippen LogP contribution in [0.3, 0.4) is 0 Å². The number of benzene rings is 1. The topological polar surface area (TPSA) is 55.4 Å². The number of sulfone groups is 1. The van der Waals surface area contributed by atoms with Gasteiger partial charge in [0.25, 0.3) is 0 Å². The Morgan fingerprint density at radius 2 is 2.10 bits per heavy atom. The fraction of sp³-hybridized carbons (Fsp3) is 0.538. The summed E-state index contributed by atoms with van der Waals surface area (Å²) in [5.41, 5.74) is 0. The number of hydrogen-bond acceptors (Lipinski definition) is 4. The predicted molar refractivity (Wildman–Crippen MR) is 80.3 cm³/mol. The molecule has 0 aromatic heterocycles. The summed E-state index contributed by atoms with van der Waals surface area (Å²) < 4.78 is 30.8. The van der Waals surface area contributed by atoms with Gasteiger partial charge < -0.3 is 10.1 Å². The Labute approximate surface area is 129 Å². The van der Waals surface area contributed by atoms with Gasteiger partial charge in [-0.15, -0.1) is 0 Å². The van der Waals surface area contributed by atoms with Crippen molar-refractivity contribution in [1.82, 2.24) is 5.32 Å². The van der Waals surface area contributed by atoms with Gasteiger partial charge in [-0.05, 0) is 31.2 Å². The van der Waals surface area contributed by atoms with Crippen LogP contribution in [0, 0.1) is 0 Å². The van der Waals surface area contributed by atoms with Gasteiger partial charge in [0.05, 0.1) is 21.5 Å². The van der Waals surface area contributed by atoms with Gasteiger partial charge in [-0.3, -0.25) is 0 Å². The van der Waals surface area contributed by atoms with Crippen molar-refractivity contribution < 1.29 is 13.2 Å². The van der Waals surface area contributed by atoms with Gasteiger partial charge >= 0.3 is 0 Å². The lowest BCUT2D eigenvalue weighted by molar-refractivity contribution is 0.0812. The largest absolute Gasteiger partial charge is 0.380 e. The van der Waals surface area contributed by atoms with Crippen molar-refractivity contribution in [2.24, 2.45) is 0 Å². The lowest BCUT2D eigenvalue weighted by Crippen LogP contribution is -2.50. The zero-order chi connectivity index (χ0) is 14.8. The van der Waals surface area contributed by atoms with Crippen molar-refractivity contribution in [1.29, 1.82) is 0 Å². The first-order valence-corrected chi connectivity index (χ1v) is 8.77. The molecule has 4 nitrogen and oxygen atoms in total. The summed E-state index contributed by atoms with van der Waals surface area (Å²) in [6.45, 7) is 3.45. The molecule has 0 amide bonds. The maximum absolute atomic E-state index is 12.7. The van der Waals surface area contributed by atoms with Gasteiger partial charge in [0.2, 0.25) is 0 Å². The van der Waals surface area contributed by atoms with Crippen LogP contribution in [0.5, 0.6) is 0 Å². The van der Waals surface area contributed by atoms with Crippen LogP contribution < -0.4 is 5.32 Å². The highest BCUT2D eigenvalue weighted by molar-refractivity contribution is 7.92. The maximum Gasteiger partial charge on any atom is 0.185 e. The van der Waals surface area contributed by atoms with E-state index in [0.717, 1.165) is 6.54 Å². The highest BCUT2D eigenvalue weighted by atomic mass is 35.5. The summed E-state index contributed by atoms with van der Waals surface area (Å²) in [7, 11) is -3.50. The van der Waals surface area contributed by atoms with Crippen molar-refractivity contribution in [3.8, 4) is 0 Å². The first kappa shape index (κ1) is 16.0. The molecule has 112 valence electrons. The van der Waals surface area contributed by atoms with Gasteiger partial charge in [0.15, 0.2) is 9.84 Å². The summed E-state index contributed by atoms with van der Waals surface area (Å²) in [4.78, 5) is 0.185. The number of nitrogens with one attached hydrogen (secondary N) is 1. The van der Waals surface area contributed by atoms with Crippen molar-refractivity contribution in [3.05, 3.63) is 28.2 Å². The monoisotopic (exact) mass is 337 g/mol.